The molecule has 0 atom stereocenters. The summed E-state index contributed by atoms with van der Waals surface area (Å²) < 4.78 is 10.6. The molecule has 0 saturated carbocycles. The Balaban J connectivity index is 2.09. The maximum absolute atomic E-state index is 6.21. The summed E-state index contributed by atoms with van der Waals surface area (Å²) in [6.45, 7) is 1.16. The lowest BCUT2D eigenvalue weighted by molar-refractivity contribution is 0.404. The highest BCUT2D eigenvalue weighted by Crippen LogP contribution is 2.28. The molecular formula is C16H17Cl2NO2. The number of methoxy groups -OCH3 is 2. The van der Waals surface area contributed by atoms with Crippen molar-refractivity contribution >= 4 is 23.2 Å². The SMILES string of the molecule is COc1cccc(Cl)c1CNCc1c(Cl)cccc1OC. The van der Waals surface area contributed by atoms with Crippen LogP contribution in [0.5, 0.6) is 11.5 Å². The van der Waals surface area contributed by atoms with Gasteiger partial charge < -0.3 is 14.8 Å². The Morgan fingerprint density at radius 2 is 1.24 bits per heavy atom. The summed E-state index contributed by atoms with van der Waals surface area (Å²) in [5, 5.41) is 4.67. The number of hydrogen-bond acceptors (Lipinski definition) is 3. The van der Waals surface area contributed by atoms with Gasteiger partial charge >= 0.3 is 0 Å². The average Bonchev–Trinajstić information content (AvgIpc) is 2.50. The van der Waals surface area contributed by atoms with Gasteiger partial charge in [0.1, 0.15) is 11.5 Å². The third-order valence-corrected chi connectivity index (χ3v) is 3.90. The van der Waals surface area contributed by atoms with Crippen molar-refractivity contribution in [3.05, 3.63) is 57.6 Å². The first-order chi connectivity index (χ1) is 10.2. The zero-order chi connectivity index (χ0) is 15.2. The van der Waals surface area contributed by atoms with Gasteiger partial charge in [0.15, 0.2) is 0 Å². The molecule has 21 heavy (non-hydrogen) atoms. The highest BCUT2D eigenvalue weighted by molar-refractivity contribution is 6.31. The number of ether oxygens (including phenoxy) is 2. The highest BCUT2D eigenvalue weighted by atomic mass is 35.5. The number of benzene rings is 2. The van der Waals surface area contributed by atoms with Crippen molar-refractivity contribution in [2.45, 2.75) is 13.1 Å². The molecule has 0 aromatic heterocycles. The lowest BCUT2D eigenvalue weighted by Gasteiger charge is -2.13. The standard InChI is InChI=1S/C16H17Cl2NO2/c1-20-15-7-3-5-13(17)11(15)9-19-10-12-14(18)6-4-8-16(12)21-2/h3-8,19H,9-10H2,1-2H3. The van der Waals surface area contributed by atoms with Gasteiger partial charge in [-0.15, -0.1) is 0 Å². The number of rotatable bonds is 6. The zero-order valence-electron chi connectivity index (χ0n) is 12.0. The molecule has 0 aliphatic carbocycles. The first-order valence-electron chi connectivity index (χ1n) is 6.50. The van der Waals surface area contributed by atoms with E-state index in [9.17, 15) is 0 Å². The van der Waals surface area contributed by atoms with Crippen LogP contribution in [0.25, 0.3) is 0 Å². The molecule has 0 spiro atoms. The monoisotopic (exact) mass is 325 g/mol. The molecular weight excluding hydrogens is 309 g/mol. The molecule has 5 heteroatoms. The van der Waals surface area contributed by atoms with E-state index in [0.29, 0.717) is 23.1 Å². The van der Waals surface area contributed by atoms with E-state index in [0.717, 1.165) is 22.6 Å². The molecule has 0 aliphatic heterocycles. The van der Waals surface area contributed by atoms with Gasteiger partial charge in [0, 0.05) is 34.3 Å². The molecule has 2 aromatic carbocycles. The summed E-state index contributed by atoms with van der Waals surface area (Å²) in [5.74, 6) is 1.53. The number of halogens is 2. The third-order valence-electron chi connectivity index (χ3n) is 3.20. The normalized spacial score (nSPS) is 10.5. The van der Waals surface area contributed by atoms with Crippen LogP contribution in [-0.2, 0) is 13.1 Å². The van der Waals surface area contributed by atoms with Crippen molar-refractivity contribution in [3.63, 3.8) is 0 Å². The third kappa shape index (κ3) is 3.82. The molecule has 3 nitrogen and oxygen atoms in total. The van der Waals surface area contributed by atoms with E-state index in [1.165, 1.54) is 0 Å². The van der Waals surface area contributed by atoms with Crippen LogP contribution in [0.1, 0.15) is 11.1 Å². The second-order valence-electron chi connectivity index (χ2n) is 4.44. The Kier molecular flexibility index (Phi) is 5.74. The second-order valence-corrected chi connectivity index (χ2v) is 5.26. The van der Waals surface area contributed by atoms with Crippen LogP contribution in [0.2, 0.25) is 10.0 Å². The molecule has 2 rings (SSSR count). The fraction of sp³-hybridized carbons (Fsp3) is 0.250. The molecule has 2 aromatic rings. The molecule has 0 bridgehead atoms. The predicted molar refractivity (Wildman–Crippen MR) is 86.6 cm³/mol. The second kappa shape index (κ2) is 7.55. The van der Waals surface area contributed by atoms with Crippen molar-refractivity contribution in [2.75, 3.05) is 14.2 Å². The Bertz CT molecular complexity index is 564. The lowest BCUT2D eigenvalue weighted by Crippen LogP contribution is -2.14. The summed E-state index contributed by atoms with van der Waals surface area (Å²) in [6.07, 6.45) is 0. The first-order valence-corrected chi connectivity index (χ1v) is 7.26. The van der Waals surface area contributed by atoms with Gasteiger partial charge in [-0.3, -0.25) is 0 Å². The van der Waals surface area contributed by atoms with Crippen LogP contribution in [0.15, 0.2) is 36.4 Å². The smallest absolute Gasteiger partial charge is 0.124 e. The van der Waals surface area contributed by atoms with Crippen molar-refractivity contribution in [1.82, 2.24) is 5.32 Å². The Hall–Kier alpha value is -1.42. The fourth-order valence-electron chi connectivity index (χ4n) is 2.12. The minimum absolute atomic E-state index is 0.581. The topological polar surface area (TPSA) is 30.5 Å². The zero-order valence-corrected chi connectivity index (χ0v) is 13.5. The van der Waals surface area contributed by atoms with Crippen LogP contribution >= 0.6 is 23.2 Å². The molecule has 0 heterocycles. The van der Waals surface area contributed by atoms with Crippen molar-refractivity contribution in [3.8, 4) is 11.5 Å². The van der Waals surface area contributed by atoms with E-state index < -0.39 is 0 Å². The molecule has 0 radical (unpaired) electrons. The first kappa shape index (κ1) is 16.0. The summed E-state index contributed by atoms with van der Waals surface area (Å²) in [4.78, 5) is 0. The van der Waals surface area contributed by atoms with Gasteiger partial charge in [-0.05, 0) is 24.3 Å². The lowest BCUT2D eigenvalue weighted by atomic mass is 10.1. The van der Waals surface area contributed by atoms with E-state index >= 15 is 0 Å². The van der Waals surface area contributed by atoms with Crippen molar-refractivity contribution in [2.24, 2.45) is 0 Å². The van der Waals surface area contributed by atoms with E-state index in [-0.39, 0.29) is 0 Å². The van der Waals surface area contributed by atoms with Crippen LogP contribution in [0.4, 0.5) is 0 Å². The maximum Gasteiger partial charge on any atom is 0.124 e. The molecule has 0 amide bonds. The van der Waals surface area contributed by atoms with Gasteiger partial charge in [-0.25, -0.2) is 0 Å². The summed E-state index contributed by atoms with van der Waals surface area (Å²) in [6, 6.07) is 11.2. The summed E-state index contributed by atoms with van der Waals surface area (Å²) in [7, 11) is 3.26. The van der Waals surface area contributed by atoms with Crippen LogP contribution in [0, 0.1) is 0 Å². The van der Waals surface area contributed by atoms with Gasteiger partial charge in [0.2, 0.25) is 0 Å². The van der Waals surface area contributed by atoms with Gasteiger partial charge in [-0.1, -0.05) is 35.3 Å². The minimum atomic E-state index is 0.581. The van der Waals surface area contributed by atoms with Crippen LogP contribution in [0.3, 0.4) is 0 Å². The molecule has 0 fully saturated rings. The fourth-order valence-corrected chi connectivity index (χ4v) is 2.58. The molecule has 112 valence electrons. The van der Waals surface area contributed by atoms with Crippen molar-refractivity contribution < 1.29 is 9.47 Å². The van der Waals surface area contributed by atoms with E-state index in [2.05, 4.69) is 5.32 Å². The van der Waals surface area contributed by atoms with Crippen molar-refractivity contribution in [1.29, 1.82) is 0 Å². The maximum atomic E-state index is 6.21. The van der Waals surface area contributed by atoms with E-state index in [1.54, 1.807) is 14.2 Å². The minimum Gasteiger partial charge on any atom is -0.496 e. The van der Waals surface area contributed by atoms with Gasteiger partial charge in [-0.2, -0.15) is 0 Å². The highest BCUT2D eigenvalue weighted by Gasteiger charge is 2.10. The quantitative estimate of drug-likeness (QED) is 0.858. The Labute approximate surface area is 134 Å². The average molecular weight is 326 g/mol. The molecule has 0 unspecified atom stereocenters. The molecule has 1 N–H and O–H groups in total. The predicted octanol–water partition coefficient (Wildman–Crippen LogP) is 4.30. The van der Waals surface area contributed by atoms with E-state index in [1.807, 2.05) is 36.4 Å². The summed E-state index contributed by atoms with van der Waals surface area (Å²) in [5.41, 5.74) is 1.85. The van der Waals surface area contributed by atoms with E-state index in [4.69, 9.17) is 32.7 Å². The molecule has 0 saturated heterocycles. The van der Waals surface area contributed by atoms with Gasteiger partial charge in [0.05, 0.1) is 14.2 Å². The van der Waals surface area contributed by atoms with Crippen LogP contribution in [-0.4, -0.2) is 14.2 Å². The summed E-state index contributed by atoms with van der Waals surface area (Å²) >= 11 is 12.4. The Morgan fingerprint density at radius 3 is 1.62 bits per heavy atom. The molecule has 0 aliphatic rings. The van der Waals surface area contributed by atoms with Crippen LogP contribution < -0.4 is 14.8 Å². The number of nitrogens with one attached hydrogen (secondary N) is 1. The Morgan fingerprint density at radius 1 is 0.810 bits per heavy atom. The largest absolute Gasteiger partial charge is 0.496 e. The number of hydrogen-bond donors (Lipinski definition) is 1. The van der Waals surface area contributed by atoms with Gasteiger partial charge in [0.25, 0.3) is 0 Å².